The molecule has 1 fully saturated rings. The number of piperidine rings is 1. The van der Waals surface area contributed by atoms with E-state index in [0.29, 0.717) is 55.3 Å². The summed E-state index contributed by atoms with van der Waals surface area (Å²) in [4.78, 5) is 44.5. The summed E-state index contributed by atoms with van der Waals surface area (Å²) in [6.07, 6.45) is 2.08. The zero-order valence-corrected chi connectivity index (χ0v) is 24.2. The maximum atomic E-state index is 13.0. The summed E-state index contributed by atoms with van der Waals surface area (Å²) in [6.45, 7) is 7.93. The number of urea groups is 1. The van der Waals surface area contributed by atoms with Crippen molar-refractivity contribution in [2.24, 2.45) is 0 Å². The van der Waals surface area contributed by atoms with Gasteiger partial charge in [0.2, 0.25) is 5.91 Å². The summed E-state index contributed by atoms with van der Waals surface area (Å²) in [6, 6.07) is 8.86. The number of halogens is 1. The zero-order valence-electron chi connectivity index (χ0n) is 23.5. The molecule has 10 nitrogen and oxygen atoms in total. The van der Waals surface area contributed by atoms with Gasteiger partial charge in [0, 0.05) is 43.5 Å². The molecule has 4 rings (SSSR count). The second-order valence-electron chi connectivity index (χ2n) is 10.2. The summed E-state index contributed by atoms with van der Waals surface area (Å²) in [5.74, 6) is 0.236. The van der Waals surface area contributed by atoms with Crippen molar-refractivity contribution < 1.29 is 19.1 Å². The molecule has 0 aromatic heterocycles. The van der Waals surface area contributed by atoms with E-state index in [9.17, 15) is 14.4 Å². The van der Waals surface area contributed by atoms with Crippen LogP contribution in [0.25, 0.3) is 0 Å². The molecule has 2 aromatic carbocycles. The van der Waals surface area contributed by atoms with Gasteiger partial charge < -0.3 is 30.9 Å². The van der Waals surface area contributed by atoms with Gasteiger partial charge >= 0.3 is 6.03 Å². The Balaban J connectivity index is 1.29. The molecule has 2 heterocycles. The number of nitrogens with two attached hydrogens (primary N) is 1. The number of carbonyl (C=O) groups is 3. The number of rotatable bonds is 9. The molecule has 0 bridgehead atoms. The molecule has 0 atom stereocenters. The highest BCUT2D eigenvalue weighted by Crippen LogP contribution is 2.28. The third-order valence-corrected chi connectivity index (χ3v) is 8.17. The SMILES string of the molecule is CCN(CC)Cc1cc(C(=O)NCC(=O)N2CCC(N3CCc4cc(OC)ccc4NC3=O)CC2)cc(Cl)c1N. The predicted octanol–water partition coefficient (Wildman–Crippen LogP) is 3.58. The van der Waals surface area contributed by atoms with Crippen molar-refractivity contribution in [2.45, 2.75) is 45.7 Å². The molecule has 0 unspecified atom stereocenters. The lowest BCUT2D eigenvalue weighted by atomic mass is 10.0. The minimum absolute atomic E-state index is 0.0380. The molecule has 0 spiro atoms. The number of nitrogens with one attached hydrogen (secondary N) is 2. The number of methoxy groups -OCH3 is 1. The van der Waals surface area contributed by atoms with Gasteiger partial charge in [0.1, 0.15) is 5.75 Å². The van der Waals surface area contributed by atoms with Crippen molar-refractivity contribution in [3.63, 3.8) is 0 Å². The third-order valence-electron chi connectivity index (χ3n) is 7.86. The maximum absolute atomic E-state index is 13.0. The van der Waals surface area contributed by atoms with E-state index in [1.807, 2.05) is 23.1 Å². The molecule has 216 valence electrons. The molecule has 40 heavy (non-hydrogen) atoms. The van der Waals surface area contributed by atoms with Crippen molar-refractivity contribution in [2.75, 3.05) is 57.4 Å². The number of likely N-dealkylation sites (tertiary alicyclic amines) is 1. The summed E-state index contributed by atoms with van der Waals surface area (Å²) in [5.41, 5.74) is 9.63. The maximum Gasteiger partial charge on any atom is 0.322 e. The molecule has 11 heteroatoms. The van der Waals surface area contributed by atoms with Crippen LogP contribution in [-0.2, 0) is 17.8 Å². The first-order valence-corrected chi connectivity index (χ1v) is 14.2. The highest BCUT2D eigenvalue weighted by molar-refractivity contribution is 6.33. The highest BCUT2D eigenvalue weighted by Gasteiger charge is 2.31. The smallest absolute Gasteiger partial charge is 0.322 e. The van der Waals surface area contributed by atoms with Gasteiger partial charge in [-0.1, -0.05) is 25.4 Å². The van der Waals surface area contributed by atoms with E-state index in [-0.39, 0.29) is 30.4 Å². The molecule has 1 saturated heterocycles. The number of nitrogen functional groups attached to an aromatic ring is 1. The normalized spacial score (nSPS) is 15.9. The van der Waals surface area contributed by atoms with E-state index in [1.165, 1.54) is 6.07 Å². The average Bonchev–Trinajstić information content (AvgIpc) is 3.13. The standard InChI is InChI=1S/C29H39ClN6O4/c1-4-34(5-2)18-21-14-20(16-24(30)27(21)31)28(38)32-17-26(37)35-11-9-22(10-12-35)36-13-8-19-15-23(40-3)6-7-25(19)33-29(36)39/h6-7,14-16,22H,4-5,8-13,17-18,31H2,1-3H3,(H,32,38)(H,33,39). The van der Waals surface area contributed by atoms with Crippen LogP contribution >= 0.6 is 11.6 Å². The summed E-state index contributed by atoms with van der Waals surface area (Å²) >= 11 is 6.32. The predicted molar refractivity (Wildman–Crippen MR) is 157 cm³/mol. The number of nitrogens with zero attached hydrogens (tertiary/aromatic N) is 3. The molecular formula is C29H39ClN6O4. The Hall–Kier alpha value is -3.50. The lowest BCUT2D eigenvalue weighted by molar-refractivity contribution is -0.131. The average molecular weight is 571 g/mol. The molecular weight excluding hydrogens is 532 g/mol. The fourth-order valence-electron chi connectivity index (χ4n) is 5.33. The quantitative estimate of drug-likeness (QED) is 0.396. The lowest BCUT2D eigenvalue weighted by Gasteiger charge is -2.38. The van der Waals surface area contributed by atoms with Crippen LogP contribution in [0.5, 0.6) is 5.75 Å². The van der Waals surface area contributed by atoms with Crippen LogP contribution in [0.4, 0.5) is 16.2 Å². The summed E-state index contributed by atoms with van der Waals surface area (Å²) in [7, 11) is 1.63. The van der Waals surface area contributed by atoms with Crippen LogP contribution in [0.1, 0.15) is 48.2 Å². The second kappa shape index (κ2) is 13.2. The van der Waals surface area contributed by atoms with Crippen molar-refractivity contribution in [1.29, 1.82) is 0 Å². The second-order valence-corrected chi connectivity index (χ2v) is 10.6. The number of carbonyl (C=O) groups excluding carboxylic acids is 3. The van der Waals surface area contributed by atoms with Gasteiger partial charge in [-0.2, -0.15) is 0 Å². The number of amides is 4. The van der Waals surface area contributed by atoms with E-state index < -0.39 is 0 Å². The first kappa shape index (κ1) is 29.5. The van der Waals surface area contributed by atoms with Crippen LogP contribution in [0.15, 0.2) is 30.3 Å². The van der Waals surface area contributed by atoms with Crippen LogP contribution < -0.4 is 21.1 Å². The molecule has 0 radical (unpaired) electrons. The van der Waals surface area contributed by atoms with E-state index in [4.69, 9.17) is 22.1 Å². The van der Waals surface area contributed by atoms with Gasteiger partial charge in [0.15, 0.2) is 0 Å². The van der Waals surface area contributed by atoms with E-state index >= 15 is 0 Å². The van der Waals surface area contributed by atoms with Crippen molar-refractivity contribution in [3.8, 4) is 5.75 Å². The molecule has 0 aliphatic carbocycles. The van der Waals surface area contributed by atoms with Gasteiger partial charge in [0.05, 0.1) is 24.4 Å². The van der Waals surface area contributed by atoms with Crippen molar-refractivity contribution >= 4 is 40.8 Å². The molecule has 0 saturated carbocycles. The fourth-order valence-corrected chi connectivity index (χ4v) is 5.56. The van der Waals surface area contributed by atoms with Crippen LogP contribution in [0.3, 0.4) is 0 Å². The number of anilines is 2. The molecule has 2 aromatic rings. The van der Waals surface area contributed by atoms with Crippen LogP contribution in [0, 0.1) is 0 Å². The Bertz CT molecular complexity index is 1240. The highest BCUT2D eigenvalue weighted by atomic mass is 35.5. The van der Waals surface area contributed by atoms with Gasteiger partial charge in [0.25, 0.3) is 5.91 Å². The van der Waals surface area contributed by atoms with Crippen molar-refractivity contribution in [3.05, 3.63) is 52.0 Å². The van der Waals surface area contributed by atoms with Gasteiger partial charge in [-0.3, -0.25) is 14.5 Å². The Kier molecular flexibility index (Phi) is 9.76. The van der Waals surface area contributed by atoms with Crippen molar-refractivity contribution in [1.82, 2.24) is 20.0 Å². The van der Waals surface area contributed by atoms with E-state index in [2.05, 4.69) is 29.4 Å². The molecule has 2 aliphatic heterocycles. The topological polar surface area (TPSA) is 120 Å². The number of fused-ring (bicyclic) bond motifs is 1. The summed E-state index contributed by atoms with van der Waals surface area (Å²) < 4.78 is 5.32. The van der Waals surface area contributed by atoms with Crippen LogP contribution in [-0.4, -0.2) is 85.0 Å². The first-order valence-electron chi connectivity index (χ1n) is 13.8. The fraction of sp³-hybridized carbons (Fsp3) is 0.483. The number of hydrogen-bond acceptors (Lipinski definition) is 6. The Morgan fingerprint density at radius 1 is 1.15 bits per heavy atom. The Morgan fingerprint density at radius 3 is 2.55 bits per heavy atom. The number of hydrogen-bond donors (Lipinski definition) is 3. The minimum Gasteiger partial charge on any atom is -0.497 e. The minimum atomic E-state index is -0.372. The first-order chi connectivity index (χ1) is 19.2. The van der Waals surface area contributed by atoms with E-state index in [1.54, 1.807) is 18.1 Å². The van der Waals surface area contributed by atoms with E-state index in [0.717, 1.165) is 42.1 Å². The number of ether oxygens (including phenoxy) is 1. The monoisotopic (exact) mass is 570 g/mol. The molecule has 4 amide bonds. The zero-order chi connectivity index (χ0) is 28.8. The molecule has 2 aliphatic rings. The molecule has 4 N–H and O–H groups in total. The lowest BCUT2D eigenvalue weighted by Crippen LogP contribution is -2.51. The van der Waals surface area contributed by atoms with Gasteiger partial charge in [-0.05, 0) is 73.8 Å². The third kappa shape index (κ3) is 6.79. The van der Waals surface area contributed by atoms with Gasteiger partial charge in [-0.15, -0.1) is 0 Å². The Morgan fingerprint density at radius 2 is 1.88 bits per heavy atom. The van der Waals surface area contributed by atoms with Gasteiger partial charge in [-0.25, -0.2) is 4.79 Å². The number of benzene rings is 2. The van der Waals surface area contributed by atoms with Crippen LogP contribution in [0.2, 0.25) is 5.02 Å². The summed E-state index contributed by atoms with van der Waals surface area (Å²) in [5, 5.41) is 6.07. The Labute approximate surface area is 240 Å². The largest absolute Gasteiger partial charge is 0.497 e.